The number of fused-ring (bicyclic) bond motifs is 1. The standard InChI is InChI=1S/C24H29N5O2S2/c1-3-29-19(12-10-16-7-5-4-6-8-16)27-28-24(29)32-14-20(30)26-23-21(22(25)31)17-11-9-15(2)13-18(17)33-23/h4-8,15H,3,9-14H2,1-2H3,(H2,25,31)(H,26,30). The van der Waals surface area contributed by atoms with Gasteiger partial charge in [-0.1, -0.05) is 49.0 Å². The molecule has 0 radical (unpaired) electrons. The largest absolute Gasteiger partial charge is 0.365 e. The number of primary amides is 1. The van der Waals surface area contributed by atoms with Gasteiger partial charge >= 0.3 is 0 Å². The third-order valence-corrected chi connectivity index (χ3v) is 8.07. The van der Waals surface area contributed by atoms with Gasteiger partial charge in [0.15, 0.2) is 5.16 Å². The summed E-state index contributed by atoms with van der Waals surface area (Å²) in [5.41, 5.74) is 8.42. The zero-order chi connectivity index (χ0) is 23.4. The van der Waals surface area contributed by atoms with Crippen LogP contribution in [0.1, 0.15) is 52.5 Å². The van der Waals surface area contributed by atoms with Gasteiger partial charge in [-0.2, -0.15) is 0 Å². The van der Waals surface area contributed by atoms with Crippen LogP contribution in [0.2, 0.25) is 0 Å². The molecule has 9 heteroatoms. The predicted octanol–water partition coefficient (Wildman–Crippen LogP) is 4.10. The number of aromatic nitrogens is 3. The summed E-state index contributed by atoms with van der Waals surface area (Å²) in [6.07, 6.45) is 4.48. The molecule has 0 fully saturated rings. The van der Waals surface area contributed by atoms with E-state index < -0.39 is 5.91 Å². The van der Waals surface area contributed by atoms with Gasteiger partial charge in [-0.05, 0) is 49.7 Å². The lowest BCUT2D eigenvalue weighted by atomic mass is 9.88. The Morgan fingerprint density at radius 2 is 2.03 bits per heavy atom. The second kappa shape index (κ2) is 10.5. The molecule has 2 aromatic heterocycles. The fraction of sp³-hybridized carbons (Fsp3) is 0.417. The van der Waals surface area contributed by atoms with Crippen molar-refractivity contribution in [1.82, 2.24) is 14.8 Å². The first-order valence-corrected chi connectivity index (χ1v) is 13.1. The molecule has 174 valence electrons. The summed E-state index contributed by atoms with van der Waals surface area (Å²) in [5.74, 6) is 1.03. The van der Waals surface area contributed by atoms with E-state index >= 15 is 0 Å². The highest BCUT2D eigenvalue weighted by atomic mass is 32.2. The van der Waals surface area contributed by atoms with Crippen molar-refractivity contribution in [1.29, 1.82) is 0 Å². The first-order valence-electron chi connectivity index (χ1n) is 11.3. The maximum atomic E-state index is 12.7. The summed E-state index contributed by atoms with van der Waals surface area (Å²) in [7, 11) is 0. The molecular formula is C24H29N5O2S2. The van der Waals surface area contributed by atoms with Gasteiger partial charge in [0.2, 0.25) is 5.91 Å². The number of rotatable bonds is 9. The number of carbonyl (C=O) groups is 2. The van der Waals surface area contributed by atoms with Crippen molar-refractivity contribution < 1.29 is 9.59 Å². The van der Waals surface area contributed by atoms with Crippen LogP contribution in [0.5, 0.6) is 0 Å². The summed E-state index contributed by atoms with van der Waals surface area (Å²) < 4.78 is 2.06. The van der Waals surface area contributed by atoms with Crippen LogP contribution in [-0.2, 0) is 37.0 Å². The average Bonchev–Trinajstić information content (AvgIpc) is 3.36. The molecular weight excluding hydrogens is 454 g/mol. The first-order chi connectivity index (χ1) is 16.0. The van der Waals surface area contributed by atoms with Crippen molar-refractivity contribution in [3.05, 3.63) is 57.7 Å². The minimum atomic E-state index is -0.473. The van der Waals surface area contributed by atoms with E-state index in [0.717, 1.165) is 55.2 Å². The number of hydrogen-bond donors (Lipinski definition) is 2. The normalized spacial score (nSPS) is 15.3. The van der Waals surface area contributed by atoms with Crippen molar-refractivity contribution in [2.24, 2.45) is 11.7 Å². The van der Waals surface area contributed by atoms with Crippen molar-refractivity contribution in [2.45, 2.75) is 57.7 Å². The quantitative estimate of drug-likeness (QED) is 0.446. The Kier molecular flexibility index (Phi) is 7.49. The lowest BCUT2D eigenvalue weighted by Crippen LogP contribution is -2.20. The topological polar surface area (TPSA) is 103 Å². The van der Waals surface area contributed by atoms with Gasteiger partial charge in [0.1, 0.15) is 10.8 Å². The van der Waals surface area contributed by atoms with E-state index in [1.54, 1.807) is 0 Å². The smallest absolute Gasteiger partial charge is 0.251 e. The summed E-state index contributed by atoms with van der Waals surface area (Å²) in [4.78, 5) is 26.0. The maximum absolute atomic E-state index is 12.7. The van der Waals surface area contributed by atoms with Crippen LogP contribution in [0.15, 0.2) is 35.5 Å². The van der Waals surface area contributed by atoms with Crippen LogP contribution in [0.3, 0.4) is 0 Å². The average molecular weight is 484 g/mol. The summed E-state index contributed by atoms with van der Waals surface area (Å²) in [6, 6.07) is 10.3. The van der Waals surface area contributed by atoms with Crippen LogP contribution in [0, 0.1) is 5.92 Å². The first kappa shape index (κ1) is 23.5. The Labute approximate surface area is 202 Å². The van der Waals surface area contributed by atoms with E-state index in [1.165, 1.54) is 33.5 Å². The van der Waals surface area contributed by atoms with Crippen LogP contribution in [-0.4, -0.2) is 32.3 Å². The Hall–Kier alpha value is -2.65. The third kappa shape index (κ3) is 5.47. The van der Waals surface area contributed by atoms with E-state index in [9.17, 15) is 9.59 Å². The molecule has 1 aromatic carbocycles. The van der Waals surface area contributed by atoms with Crippen LogP contribution >= 0.6 is 23.1 Å². The number of amides is 2. The Morgan fingerprint density at radius 3 is 2.76 bits per heavy atom. The molecule has 3 aromatic rings. The molecule has 33 heavy (non-hydrogen) atoms. The molecule has 0 saturated carbocycles. The summed E-state index contributed by atoms with van der Waals surface area (Å²) >= 11 is 2.84. The lowest BCUT2D eigenvalue weighted by molar-refractivity contribution is -0.113. The number of nitrogens with zero attached hydrogens (tertiary/aromatic N) is 3. The van der Waals surface area contributed by atoms with Gasteiger partial charge in [-0.3, -0.25) is 9.59 Å². The fourth-order valence-corrected chi connectivity index (χ4v) is 6.48. The molecule has 1 unspecified atom stereocenters. The van der Waals surface area contributed by atoms with Crippen LogP contribution < -0.4 is 11.1 Å². The van der Waals surface area contributed by atoms with E-state index in [4.69, 9.17) is 5.73 Å². The second-order valence-electron chi connectivity index (χ2n) is 8.39. The van der Waals surface area contributed by atoms with Gasteiger partial charge < -0.3 is 15.6 Å². The highest BCUT2D eigenvalue weighted by Crippen LogP contribution is 2.39. The molecule has 7 nitrogen and oxygen atoms in total. The van der Waals surface area contributed by atoms with E-state index in [1.807, 2.05) is 18.2 Å². The van der Waals surface area contributed by atoms with Gasteiger partial charge in [0.05, 0.1) is 11.3 Å². The number of nitrogens with one attached hydrogen (secondary N) is 1. The zero-order valence-corrected chi connectivity index (χ0v) is 20.6. The molecule has 0 saturated heterocycles. The number of benzene rings is 1. The van der Waals surface area contributed by atoms with Crippen molar-refractivity contribution in [3.63, 3.8) is 0 Å². The second-order valence-corrected chi connectivity index (χ2v) is 10.4. The number of aryl methyl sites for hydroxylation is 2. The molecule has 3 N–H and O–H groups in total. The highest BCUT2D eigenvalue weighted by molar-refractivity contribution is 7.99. The molecule has 1 aliphatic rings. The summed E-state index contributed by atoms with van der Waals surface area (Å²) in [5, 5.41) is 12.9. The zero-order valence-electron chi connectivity index (χ0n) is 19.0. The number of nitrogens with two attached hydrogens (primary N) is 1. The lowest BCUT2D eigenvalue weighted by Gasteiger charge is -2.18. The third-order valence-electron chi connectivity index (χ3n) is 5.93. The molecule has 1 atom stereocenters. The van der Waals surface area contributed by atoms with Crippen LogP contribution in [0.25, 0.3) is 0 Å². The van der Waals surface area contributed by atoms with Gasteiger partial charge in [0.25, 0.3) is 5.91 Å². The Morgan fingerprint density at radius 1 is 1.24 bits per heavy atom. The van der Waals surface area contributed by atoms with E-state index in [-0.39, 0.29) is 11.7 Å². The fourth-order valence-electron chi connectivity index (χ4n) is 4.22. The number of thiophene rings is 1. The number of anilines is 1. The molecule has 0 aliphatic heterocycles. The van der Waals surface area contributed by atoms with Crippen LogP contribution in [0.4, 0.5) is 5.00 Å². The Balaban J connectivity index is 1.39. The SMILES string of the molecule is CCn1c(CCc2ccccc2)nnc1SCC(=O)Nc1sc2c(c1C(N)=O)CCC(C)C2. The van der Waals surface area contributed by atoms with E-state index in [0.29, 0.717) is 16.5 Å². The number of carbonyl (C=O) groups excluding carboxylic acids is 2. The van der Waals surface area contributed by atoms with E-state index in [2.05, 4.69) is 46.1 Å². The molecule has 4 rings (SSSR count). The molecule has 1 aliphatic carbocycles. The minimum Gasteiger partial charge on any atom is -0.365 e. The number of thioether (sulfide) groups is 1. The molecule has 2 amide bonds. The number of hydrogen-bond acceptors (Lipinski definition) is 6. The van der Waals surface area contributed by atoms with Crippen molar-refractivity contribution in [3.8, 4) is 0 Å². The molecule has 2 heterocycles. The maximum Gasteiger partial charge on any atom is 0.251 e. The van der Waals surface area contributed by atoms with Crippen molar-refractivity contribution in [2.75, 3.05) is 11.1 Å². The molecule has 0 bridgehead atoms. The highest BCUT2D eigenvalue weighted by Gasteiger charge is 2.27. The monoisotopic (exact) mass is 483 g/mol. The van der Waals surface area contributed by atoms with Crippen molar-refractivity contribution >= 4 is 39.9 Å². The summed E-state index contributed by atoms with van der Waals surface area (Å²) in [6.45, 7) is 5.00. The van der Waals surface area contributed by atoms with Gasteiger partial charge in [-0.25, -0.2) is 0 Å². The van der Waals surface area contributed by atoms with Gasteiger partial charge in [-0.15, -0.1) is 21.5 Å². The van der Waals surface area contributed by atoms with Gasteiger partial charge in [0, 0.05) is 17.8 Å². The minimum absolute atomic E-state index is 0.175. The Bertz CT molecular complexity index is 1140. The predicted molar refractivity (Wildman–Crippen MR) is 133 cm³/mol. The molecule has 0 spiro atoms.